The molecule has 8 heteroatoms. The number of nitrogens with one attached hydrogen (secondary N) is 1. The molecular formula is C24H19N5O3. The highest BCUT2D eigenvalue weighted by Crippen LogP contribution is 2.29. The number of hydrogen-bond acceptors (Lipinski definition) is 7. The molecule has 8 nitrogen and oxygen atoms in total. The van der Waals surface area contributed by atoms with Crippen molar-refractivity contribution in [1.29, 1.82) is 10.5 Å². The van der Waals surface area contributed by atoms with Gasteiger partial charge in [0, 0.05) is 32.2 Å². The van der Waals surface area contributed by atoms with Gasteiger partial charge in [0.1, 0.15) is 17.1 Å². The second kappa shape index (κ2) is 9.61. The number of carbonyl (C=O) groups is 1. The Labute approximate surface area is 185 Å². The molecule has 1 saturated heterocycles. The molecule has 158 valence electrons. The van der Waals surface area contributed by atoms with Crippen molar-refractivity contribution in [3.63, 3.8) is 0 Å². The number of piperazine rings is 1. The normalized spacial score (nSPS) is 13.0. The Bertz CT molecular complexity index is 1190. The monoisotopic (exact) mass is 425 g/mol. The van der Waals surface area contributed by atoms with Crippen LogP contribution in [0.3, 0.4) is 0 Å². The van der Waals surface area contributed by atoms with Gasteiger partial charge in [0.2, 0.25) is 11.8 Å². The van der Waals surface area contributed by atoms with E-state index in [-0.39, 0.29) is 17.7 Å². The molecule has 1 fully saturated rings. The van der Waals surface area contributed by atoms with Crippen LogP contribution in [0.1, 0.15) is 21.5 Å². The average Bonchev–Trinajstić information content (AvgIpc) is 2.85. The van der Waals surface area contributed by atoms with Crippen LogP contribution < -0.4 is 14.8 Å². The molecule has 2 aromatic carbocycles. The summed E-state index contributed by atoms with van der Waals surface area (Å²) in [6.07, 6.45) is 0. The van der Waals surface area contributed by atoms with Gasteiger partial charge in [0.05, 0.1) is 23.3 Å². The number of amides is 1. The molecule has 4 rings (SSSR count). The van der Waals surface area contributed by atoms with E-state index in [2.05, 4.69) is 22.4 Å². The van der Waals surface area contributed by atoms with E-state index in [1.165, 1.54) is 0 Å². The molecule has 0 saturated carbocycles. The highest BCUT2D eigenvalue weighted by atomic mass is 16.5. The first-order chi connectivity index (χ1) is 15.7. The molecule has 1 aliphatic rings. The van der Waals surface area contributed by atoms with Crippen molar-refractivity contribution in [2.75, 3.05) is 26.2 Å². The lowest BCUT2D eigenvalue weighted by atomic mass is 10.2. The van der Waals surface area contributed by atoms with Crippen molar-refractivity contribution in [3.05, 3.63) is 77.4 Å². The molecule has 2 heterocycles. The Balaban J connectivity index is 1.64. The summed E-state index contributed by atoms with van der Waals surface area (Å²) in [5.74, 6) is 1.13. The first-order valence-electron chi connectivity index (χ1n) is 10.0. The lowest BCUT2D eigenvalue weighted by Crippen LogP contribution is -2.46. The van der Waals surface area contributed by atoms with Crippen molar-refractivity contribution in [1.82, 2.24) is 15.2 Å². The molecule has 1 N–H and O–H groups in total. The highest BCUT2D eigenvalue weighted by Gasteiger charge is 2.23. The van der Waals surface area contributed by atoms with Gasteiger partial charge in [-0.15, -0.1) is 0 Å². The van der Waals surface area contributed by atoms with Gasteiger partial charge < -0.3 is 19.7 Å². The van der Waals surface area contributed by atoms with Crippen molar-refractivity contribution < 1.29 is 14.3 Å². The van der Waals surface area contributed by atoms with Gasteiger partial charge in [-0.05, 0) is 54.6 Å². The van der Waals surface area contributed by atoms with Gasteiger partial charge in [-0.2, -0.15) is 15.5 Å². The second-order valence-corrected chi connectivity index (χ2v) is 7.02. The smallest absolute Gasteiger partial charge is 0.259 e. The number of pyridine rings is 1. The molecule has 0 radical (unpaired) electrons. The standard InChI is InChI=1S/C24H19N5O3/c25-15-17-1-5-19(6-2-17)31-22-10-9-21(24(30)29-13-11-27-12-14-29)23(28-22)32-20-7-3-18(16-26)4-8-20/h1-10,27H,11-14H2. The fourth-order valence-corrected chi connectivity index (χ4v) is 3.19. The molecule has 0 atom stereocenters. The second-order valence-electron chi connectivity index (χ2n) is 7.02. The van der Waals surface area contributed by atoms with Crippen LogP contribution in [0, 0.1) is 22.7 Å². The summed E-state index contributed by atoms with van der Waals surface area (Å²) < 4.78 is 11.7. The summed E-state index contributed by atoms with van der Waals surface area (Å²) in [6.45, 7) is 2.65. The SMILES string of the molecule is N#Cc1ccc(Oc2ccc(C(=O)N3CCNCC3)c(Oc3ccc(C#N)cc3)n2)cc1. The topological polar surface area (TPSA) is 111 Å². The number of benzene rings is 2. The molecule has 32 heavy (non-hydrogen) atoms. The van der Waals surface area contributed by atoms with Crippen molar-refractivity contribution in [2.45, 2.75) is 0 Å². The van der Waals surface area contributed by atoms with Crippen molar-refractivity contribution >= 4 is 5.91 Å². The lowest BCUT2D eigenvalue weighted by Gasteiger charge is -2.27. The molecule has 0 aliphatic carbocycles. The summed E-state index contributed by atoms with van der Waals surface area (Å²) in [4.78, 5) is 19.3. The number of rotatable bonds is 5. The molecule has 3 aromatic rings. The predicted molar refractivity (Wildman–Crippen MR) is 115 cm³/mol. The number of hydrogen-bond donors (Lipinski definition) is 1. The van der Waals surface area contributed by atoms with Crippen molar-refractivity contribution in [3.8, 4) is 35.4 Å². The Morgan fingerprint density at radius 1 is 0.844 bits per heavy atom. The molecule has 1 aliphatic heterocycles. The zero-order valence-corrected chi connectivity index (χ0v) is 17.1. The van der Waals surface area contributed by atoms with E-state index in [0.29, 0.717) is 41.3 Å². The Morgan fingerprint density at radius 2 is 1.41 bits per heavy atom. The summed E-state index contributed by atoms with van der Waals surface area (Å²) >= 11 is 0. The summed E-state index contributed by atoms with van der Waals surface area (Å²) in [5, 5.41) is 21.2. The lowest BCUT2D eigenvalue weighted by molar-refractivity contribution is 0.0732. The maximum atomic E-state index is 13.1. The number of carbonyl (C=O) groups excluding carboxylic acids is 1. The highest BCUT2D eigenvalue weighted by molar-refractivity contribution is 5.96. The van der Waals surface area contributed by atoms with E-state index in [1.807, 2.05) is 0 Å². The van der Waals surface area contributed by atoms with Gasteiger partial charge in [0.15, 0.2) is 0 Å². The van der Waals surface area contributed by atoms with E-state index >= 15 is 0 Å². The molecular weight excluding hydrogens is 406 g/mol. The van der Waals surface area contributed by atoms with Crippen LogP contribution in [0.5, 0.6) is 23.3 Å². The number of nitriles is 2. The van der Waals surface area contributed by atoms with Crippen LogP contribution in [-0.2, 0) is 0 Å². The third kappa shape index (κ3) is 4.84. The fourth-order valence-electron chi connectivity index (χ4n) is 3.19. The minimum atomic E-state index is -0.174. The Hall–Kier alpha value is -4.40. The molecule has 0 spiro atoms. The maximum absolute atomic E-state index is 13.1. The third-order valence-corrected chi connectivity index (χ3v) is 4.87. The molecule has 1 amide bonds. The van der Waals surface area contributed by atoms with Gasteiger partial charge in [-0.1, -0.05) is 0 Å². The van der Waals surface area contributed by atoms with Crippen LogP contribution in [0.4, 0.5) is 0 Å². The van der Waals surface area contributed by atoms with E-state index < -0.39 is 0 Å². The van der Waals surface area contributed by atoms with E-state index in [4.69, 9.17) is 20.0 Å². The summed E-state index contributed by atoms with van der Waals surface area (Å²) in [7, 11) is 0. The van der Waals surface area contributed by atoms with Gasteiger partial charge in [0.25, 0.3) is 5.91 Å². The fraction of sp³-hybridized carbons (Fsp3) is 0.167. The van der Waals surface area contributed by atoms with Gasteiger partial charge in [-0.25, -0.2) is 0 Å². The van der Waals surface area contributed by atoms with Gasteiger partial charge in [-0.3, -0.25) is 4.79 Å². The number of ether oxygens (including phenoxy) is 2. The minimum Gasteiger partial charge on any atom is -0.439 e. The first kappa shape index (κ1) is 20.9. The zero-order valence-electron chi connectivity index (χ0n) is 17.1. The summed E-state index contributed by atoms with van der Waals surface area (Å²) in [5.41, 5.74) is 1.34. The third-order valence-electron chi connectivity index (χ3n) is 4.87. The van der Waals surface area contributed by atoms with Crippen molar-refractivity contribution in [2.24, 2.45) is 0 Å². The van der Waals surface area contributed by atoms with E-state index in [9.17, 15) is 4.79 Å². The van der Waals surface area contributed by atoms with Gasteiger partial charge >= 0.3 is 0 Å². The quantitative estimate of drug-likeness (QED) is 0.666. The average molecular weight is 425 g/mol. The largest absolute Gasteiger partial charge is 0.439 e. The Morgan fingerprint density at radius 3 is 1.97 bits per heavy atom. The molecule has 0 bridgehead atoms. The number of nitrogens with zero attached hydrogens (tertiary/aromatic N) is 4. The van der Waals surface area contributed by atoms with Crippen LogP contribution >= 0.6 is 0 Å². The predicted octanol–water partition coefficient (Wildman–Crippen LogP) is 3.45. The minimum absolute atomic E-state index is 0.115. The first-order valence-corrected chi connectivity index (χ1v) is 10.0. The van der Waals surface area contributed by atoms with Crippen LogP contribution in [0.15, 0.2) is 60.7 Å². The molecule has 0 unspecified atom stereocenters. The Kier molecular flexibility index (Phi) is 6.26. The molecule has 1 aromatic heterocycles. The number of aromatic nitrogens is 1. The van der Waals surface area contributed by atoms with Crippen LogP contribution in [0.2, 0.25) is 0 Å². The van der Waals surface area contributed by atoms with E-state index in [1.54, 1.807) is 65.6 Å². The van der Waals surface area contributed by atoms with E-state index in [0.717, 1.165) is 13.1 Å². The summed E-state index contributed by atoms with van der Waals surface area (Å²) in [6, 6.07) is 20.5. The maximum Gasteiger partial charge on any atom is 0.259 e. The van der Waals surface area contributed by atoms with Crippen LogP contribution in [-0.4, -0.2) is 42.0 Å². The van der Waals surface area contributed by atoms with Crippen LogP contribution in [0.25, 0.3) is 0 Å². The zero-order chi connectivity index (χ0) is 22.3.